The summed E-state index contributed by atoms with van der Waals surface area (Å²) in [4.78, 5) is 43.9. The Morgan fingerprint density at radius 2 is 1.31 bits per heavy atom. The molecule has 0 spiro atoms. The lowest BCUT2D eigenvalue weighted by Gasteiger charge is -2.15. The zero-order chi connectivity index (χ0) is 24.9. The molecule has 12 nitrogen and oxygen atoms in total. The zero-order valence-corrected chi connectivity index (χ0v) is 19.3. The molecule has 0 bridgehead atoms. The lowest BCUT2D eigenvalue weighted by Crippen LogP contribution is -2.43. The lowest BCUT2D eigenvalue weighted by molar-refractivity contribution is -0.149. The quantitative estimate of drug-likeness (QED) is 0.344. The molecule has 180 valence electrons. The summed E-state index contributed by atoms with van der Waals surface area (Å²) in [5, 5.41) is 0. The van der Waals surface area contributed by atoms with Crippen LogP contribution in [0.25, 0.3) is 0 Å². The smallest absolute Gasteiger partial charge is 0.324 e. The van der Waals surface area contributed by atoms with Crippen LogP contribution in [0.2, 0.25) is 0 Å². The minimum atomic E-state index is -3.94. The number of nitrogens with two attached hydrogens (primary N) is 1. The molecule has 0 aliphatic carbocycles. The van der Waals surface area contributed by atoms with Gasteiger partial charge in [0, 0.05) is 0 Å². The number of carbonyl (C=O) groups is 4. The van der Waals surface area contributed by atoms with Gasteiger partial charge < -0.3 is 24.7 Å². The molecule has 0 heterocycles. The highest BCUT2D eigenvalue weighted by atomic mass is 32.2. The Morgan fingerprint density at radius 3 is 1.75 bits per heavy atom. The van der Waals surface area contributed by atoms with Gasteiger partial charge in [-0.15, -0.1) is 0 Å². The number of sulfonamides is 1. The van der Waals surface area contributed by atoms with Gasteiger partial charge >= 0.3 is 23.9 Å². The van der Waals surface area contributed by atoms with Crippen molar-refractivity contribution in [3.63, 3.8) is 0 Å². The van der Waals surface area contributed by atoms with Gasteiger partial charge in [0.2, 0.25) is 10.0 Å². The molecular formula is C19H28N2O10S. The number of hydrogen-bond donors (Lipinski definition) is 2. The number of methoxy groups -OCH3 is 4. The SMILES string of the molecule is COC(=O)C[C@H](N)C(=O)OC.COC(=O)C[C@H](NS(=O)(=O)c1ccc(C)cc1)C(=O)OC. The third kappa shape index (κ3) is 10.3. The number of hydrogen-bond acceptors (Lipinski definition) is 11. The second-order valence-corrected chi connectivity index (χ2v) is 7.91. The first kappa shape index (κ1) is 29.0. The van der Waals surface area contributed by atoms with E-state index < -0.39 is 52.4 Å². The fourth-order valence-electron chi connectivity index (χ4n) is 2.04. The highest BCUT2D eigenvalue weighted by Crippen LogP contribution is 2.12. The molecule has 0 aromatic heterocycles. The van der Waals surface area contributed by atoms with Gasteiger partial charge in [-0.1, -0.05) is 17.7 Å². The third-order valence-corrected chi connectivity index (χ3v) is 5.32. The number of nitrogens with one attached hydrogen (secondary N) is 1. The Morgan fingerprint density at radius 1 is 0.844 bits per heavy atom. The molecule has 2 atom stereocenters. The van der Waals surface area contributed by atoms with Gasteiger partial charge in [-0.3, -0.25) is 19.2 Å². The Bertz CT molecular complexity index is 884. The van der Waals surface area contributed by atoms with Crippen molar-refractivity contribution in [2.75, 3.05) is 28.4 Å². The first-order valence-corrected chi connectivity index (χ1v) is 10.5. The molecule has 0 radical (unpaired) electrons. The maximum Gasteiger partial charge on any atom is 0.324 e. The average molecular weight is 477 g/mol. The number of aryl methyl sites for hydroxylation is 1. The van der Waals surface area contributed by atoms with Crippen LogP contribution >= 0.6 is 0 Å². The van der Waals surface area contributed by atoms with Crippen LogP contribution in [0.3, 0.4) is 0 Å². The van der Waals surface area contributed by atoms with Crippen LogP contribution in [0.5, 0.6) is 0 Å². The average Bonchev–Trinajstić information content (AvgIpc) is 2.77. The second-order valence-electron chi connectivity index (χ2n) is 6.20. The second kappa shape index (κ2) is 14.1. The van der Waals surface area contributed by atoms with E-state index in [1.54, 1.807) is 12.1 Å². The molecule has 13 heteroatoms. The summed E-state index contributed by atoms with van der Waals surface area (Å²) in [7, 11) is 0.740. The van der Waals surface area contributed by atoms with E-state index in [4.69, 9.17) is 5.73 Å². The standard InChI is InChI=1S/C13H17NO6S.C6H11NO4/c1-9-4-6-10(7-5-9)21(17,18)14-11(13(16)20-3)8-12(15)19-2;1-10-5(8)3-4(7)6(9)11-2/h4-7,11,14H,8H2,1-3H3;4H,3,7H2,1-2H3/t11-;4-/m00/s1. The van der Waals surface area contributed by atoms with Gasteiger partial charge in [-0.25, -0.2) is 8.42 Å². The van der Waals surface area contributed by atoms with Crippen molar-refractivity contribution >= 4 is 33.9 Å². The number of carbonyl (C=O) groups excluding carboxylic acids is 4. The number of benzene rings is 1. The summed E-state index contributed by atoms with van der Waals surface area (Å²) in [6, 6.07) is 3.81. The van der Waals surface area contributed by atoms with Crippen molar-refractivity contribution in [2.24, 2.45) is 5.73 Å². The van der Waals surface area contributed by atoms with Crippen LogP contribution in [0.4, 0.5) is 0 Å². The van der Waals surface area contributed by atoms with E-state index in [1.807, 2.05) is 6.92 Å². The van der Waals surface area contributed by atoms with Crippen molar-refractivity contribution < 1.29 is 46.5 Å². The number of ether oxygens (including phenoxy) is 4. The molecule has 1 aromatic carbocycles. The molecule has 0 unspecified atom stereocenters. The highest BCUT2D eigenvalue weighted by Gasteiger charge is 2.29. The molecule has 32 heavy (non-hydrogen) atoms. The minimum Gasteiger partial charge on any atom is -0.469 e. The lowest BCUT2D eigenvalue weighted by atomic mass is 10.2. The Balaban J connectivity index is 0.000000739. The largest absolute Gasteiger partial charge is 0.469 e. The van der Waals surface area contributed by atoms with E-state index in [1.165, 1.54) is 26.4 Å². The van der Waals surface area contributed by atoms with Crippen molar-refractivity contribution in [3.05, 3.63) is 29.8 Å². The van der Waals surface area contributed by atoms with Crippen molar-refractivity contribution in [1.82, 2.24) is 4.72 Å². The van der Waals surface area contributed by atoms with Crippen LogP contribution in [0.1, 0.15) is 18.4 Å². The molecule has 0 aliphatic heterocycles. The highest BCUT2D eigenvalue weighted by molar-refractivity contribution is 7.89. The topological polar surface area (TPSA) is 177 Å². The number of esters is 4. The van der Waals surface area contributed by atoms with E-state index >= 15 is 0 Å². The molecule has 3 N–H and O–H groups in total. The van der Waals surface area contributed by atoms with Crippen LogP contribution in [-0.2, 0) is 48.1 Å². The fourth-order valence-corrected chi connectivity index (χ4v) is 3.22. The molecule has 0 saturated heterocycles. The zero-order valence-electron chi connectivity index (χ0n) is 18.4. The van der Waals surface area contributed by atoms with Crippen LogP contribution in [0, 0.1) is 6.92 Å². The van der Waals surface area contributed by atoms with Gasteiger partial charge in [0.25, 0.3) is 0 Å². The normalized spacial score (nSPS) is 12.3. The predicted octanol–water partition coefficient (Wildman–Crippen LogP) is -0.572. The minimum absolute atomic E-state index is 0.00753. The Labute approximate surface area is 186 Å². The summed E-state index contributed by atoms with van der Waals surface area (Å²) in [5.74, 6) is -2.73. The Kier molecular flexibility index (Phi) is 12.8. The van der Waals surface area contributed by atoms with Crippen LogP contribution < -0.4 is 10.5 Å². The van der Waals surface area contributed by atoms with Crippen molar-refractivity contribution in [3.8, 4) is 0 Å². The van der Waals surface area contributed by atoms with Gasteiger partial charge in [-0.2, -0.15) is 4.72 Å². The first-order chi connectivity index (χ1) is 14.9. The molecule has 0 aliphatic rings. The molecular weight excluding hydrogens is 448 g/mol. The Hall–Kier alpha value is -3.03. The van der Waals surface area contributed by atoms with E-state index in [-0.39, 0.29) is 11.3 Å². The maximum absolute atomic E-state index is 12.2. The van der Waals surface area contributed by atoms with Gasteiger partial charge in [0.15, 0.2) is 0 Å². The molecule has 0 saturated carbocycles. The third-order valence-electron chi connectivity index (χ3n) is 3.83. The fraction of sp³-hybridized carbons (Fsp3) is 0.474. The summed E-state index contributed by atoms with van der Waals surface area (Å²) in [5.41, 5.74) is 6.13. The van der Waals surface area contributed by atoms with Crippen molar-refractivity contribution in [2.45, 2.75) is 36.7 Å². The van der Waals surface area contributed by atoms with E-state index in [0.29, 0.717) is 0 Å². The van der Waals surface area contributed by atoms with E-state index in [2.05, 4.69) is 23.7 Å². The van der Waals surface area contributed by atoms with Gasteiger partial charge in [0.1, 0.15) is 12.1 Å². The van der Waals surface area contributed by atoms with E-state index in [0.717, 1.165) is 19.8 Å². The number of rotatable bonds is 9. The monoisotopic (exact) mass is 476 g/mol. The van der Waals surface area contributed by atoms with Gasteiger partial charge in [0.05, 0.1) is 46.2 Å². The summed E-state index contributed by atoms with van der Waals surface area (Å²) in [6.45, 7) is 1.82. The summed E-state index contributed by atoms with van der Waals surface area (Å²) >= 11 is 0. The first-order valence-electron chi connectivity index (χ1n) is 9.05. The van der Waals surface area contributed by atoms with Gasteiger partial charge in [-0.05, 0) is 19.1 Å². The predicted molar refractivity (Wildman–Crippen MR) is 111 cm³/mol. The van der Waals surface area contributed by atoms with Crippen LogP contribution in [0.15, 0.2) is 29.2 Å². The van der Waals surface area contributed by atoms with E-state index in [9.17, 15) is 27.6 Å². The summed E-state index contributed by atoms with van der Waals surface area (Å²) < 4.78 is 44.0. The molecule has 1 rings (SSSR count). The van der Waals surface area contributed by atoms with Crippen molar-refractivity contribution in [1.29, 1.82) is 0 Å². The molecule has 0 fully saturated rings. The molecule has 0 amide bonds. The molecule has 1 aromatic rings. The summed E-state index contributed by atoms with van der Waals surface area (Å²) in [6.07, 6.45) is -0.600. The maximum atomic E-state index is 12.2. The van der Waals surface area contributed by atoms with Crippen LogP contribution in [-0.4, -0.2) is 72.8 Å².